The summed E-state index contributed by atoms with van der Waals surface area (Å²) in [6, 6.07) is 0. The van der Waals surface area contributed by atoms with Gasteiger partial charge in [0, 0.05) is 11.3 Å². The van der Waals surface area contributed by atoms with Gasteiger partial charge in [0.15, 0.2) is 0 Å². The highest BCUT2D eigenvalue weighted by Crippen LogP contribution is 2.20. The van der Waals surface area contributed by atoms with Gasteiger partial charge in [-0.25, -0.2) is 0 Å². The molecule has 1 saturated heterocycles. The highest BCUT2D eigenvalue weighted by molar-refractivity contribution is 4.80. The van der Waals surface area contributed by atoms with Gasteiger partial charge < -0.3 is 14.9 Å². The minimum absolute atomic E-state index is 0.251. The van der Waals surface area contributed by atoms with E-state index in [1.807, 2.05) is 0 Å². The summed E-state index contributed by atoms with van der Waals surface area (Å²) in [7, 11) is 0. The summed E-state index contributed by atoms with van der Waals surface area (Å²) >= 11 is 0. The Labute approximate surface area is 63.0 Å². The molecule has 62 valence electrons. The van der Waals surface area contributed by atoms with Crippen LogP contribution in [0.1, 0.15) is 6.42 Å². The van der Waals surface area contributed by atoms with E-state index in [4.69, 9.17) is 20.5 Å². The van der Waals surface area contributed by atoms with Gasteiger partial charge in [-0.3, -0.25) is 0 Å². The highest BCUT2D eigenvalue weighted by Gasteiger charge is 2.32. The summed E-state index contributed by atoms with van der Waals surface area (Å²) in [5.74, 6) is 0. The Kier molecular flexibility index (Phi) is 2.67. The third kappa shape index (κ3) is 1.81. The smallest absolute Gasteiger partial charge is 0.139 e. The minimum Gasteiger partial charge on any atom is -0.394 e. The molecule has 0 radical (unpaired) electrons. The van der Waals surface area contributed by atoms with E-state index in [2.05, 4.69) is 10.0 Å². The van der Waals surface area contributed by atoms with Crippen LogP contribution in [0.5, 0.6) is 0 Å². The Morgan fingerprint density at radius 1 is 1.73 bits per heavy atom. The quantitative estimate of drug-likeness (QED) is 0.330. The lowest BCUT2D eigenvalue weighted by molar-refractivity contribution is -0.0198. The fourth-order valence-electron chi connectivity index (χ4n) is 1.00. The molecule has 1 heterocycles. The first-order valence-electron chi connectivity index (χ1n) is 3.26. The molecule has 0 aliphatic carbocycles. The average molecular weight is 159 g/mol. The first-order chi connectivity index (χ1) is 5.27. The minimum atomic E-state index is -0.726. The molecule has 1 rings (SSSR count). The Hall–Kier alpha value is -0.810. The van der Waals surface area contributed by atoms with Crippen molar-refractivity contribution >= 4 is 0 Å². The molecular formula is C5H9N3O3. The van der Waals surface area contributed by atoms with Gasteiger partial charge in [-0.2, -0.15) is 0 Å². The average Bonchev–Trinajstić information content (AvgIpc) is 2.32. The van der Waals surface area contributed by atoms with E-state index in [1.54, 1.807) is 0 Å². The Morgan fingerprint density at radius 3 is 2.91 bits per heavy atom. The zero-order chi connectivity index (χ0) is 8.27. The van der Waals surface area contributed by atoms with Gasteiger partial charge in [-0.05, 0) is 5.53 Å². The number of hydrogen-bond donors (Lipinski definition) is 2. The predicted octanol–water partition coefficient (Wildman–Crippen LogP) is -0.235. The second-order valence-electron chi connectivity index (χ2n) is 2.32. The first kappa shape index (κ1) is 8.29. The molecule has 2 N–H and O–H groups in total. The molecule has 0 bridgehead atoms. The van der Waals surface area contributed by atoms with Gasteiger partial charge in [0.2, 0.25) is 0 Å². The SMILES string of the molecule is [N-]=[N+]=N[C@@H]1C[C@H](O)[C@@H](CO)O1. The lowest BCUT2D eigenvalue weighted by Gasteiger charge is -2.08. The standard InChI is InChI=1S/C5H9N3O3/c6-8-7-5-1-3(10)4(2-9)11-5/h3-5,9-10H,1-2H2/t3-,4+,5-/m0/s1. The van der Waals surface area contributed by atoms with Crippen LogP contribution in [-0.2, 0) is 4.74 Å². The molecule has 1 aliphatic heterocycles. The van der Waals surface area contributed by atoms with E-state index in [1.165, 1.54) is 0 Å². The van der Waals surface area contributed by atoms with Crippen LogP contribution >= 0.6 is 0 Å². The van der Waals surface area contributed by atoms with Gasteiger partial charge in [0.05, 0.1) is 12.7 Å². The van der Waals surface area contributed by atoms with E-state index >= 15 is 0 Å². The molecule has 0 unspecified atom stereocenters. The Balaban J connectivity index is 2.48. The maximum atomic E-state index is 9.12. The van der Waals surface area contributed by atoms with Gasteiger partial charge in [0.1, 0.15) is 12.3 Å². The number of rotatable bonds is 2. The van der Waals surface area contributed by atoms with Crippen molar-refractivity contribution in [3.05, 3.63) is 10.4 Å². The molecule has 1 aliphatic rings. The second kappa shape index (κ2) is 3.54. The maximum Gasteiger partial charge on any atom is 0.139 e. The predicted molar refractivity (Wildman–Crippen MR) is 35.5 cm³/mol. The third-order valence-corrected chi connectivity index (χ3v) is 1.56. The van der Waals surface area contributed by atoms with Crippen molar-refractivity contribution in [3.8, 4) is 0 Å². The molecular weight excluding hydrogens is 150 g/mol. The normalized spacial score (nSPS) is 36.7. The fraction of sp³-hybridized carbons (Fsp3) is 1.00. The summed E-state index contributed by atoms with van der Waals surface area (Å²) in [5.41, 5.74) is 8.01. The van der Waals surface area contributed by atoms with Crippen molar-refractivity contribution in [1.82, 2.24) is 0 Å². The van der Waals surface area contributed by atoms with Crippen LogP contribution in [0.4, 0.5) is 0 Å². The molecule has 0 saturated carbocycles. The van der Waals surface area contributed by atoms with Gasteiger partial charge >= 0.3 is 0 Å². The number of aliphatic hydroxyl groups excluding tert-OH is 2. The summed E-state index contributed by atoms with van der Waals surface area (Å²) < 4.78 is 4.94. The zero-order valence-corrected chi connectivity index (χ0v) is 5.79. The largest absolute Gasteiger partial charge is 0.394 e. The van der Waals surface area contributed by atoms with Crippen molar-refractivity contribution in [1.29, 1.82) is 0 Å². The van der Waals surface area contributed by atoms with Crippen LogP contribution in [0.2, 0.25) is 0 Å². The van der Waals surface area contributed by atoms with Crippen LogP contribution in [0.25, 0.3) is 10.4 Å². The number of nitrogens with zero attached hydrogens (tertiary/aromatic N) is 3. The topological polar surface area (TPSA) is 98.5 Å². The molecule has 0 spiro atoms. The number of aliphatic hydroxyl groups is 2. The molecule has 0 aromatic carbocycles. The number of hydrogen-bond acceptors (Lipinski definition) is 4. The van der Waals surface area contributed by atoms with Crippen molar-refractivity contribution in [2.75, 3.05) is 6.61 Å². The third-order valence-electron chi connectivity index (χ3n) is 1.56. The van der Waals surface area contributed by atoms with E-state index in [-0.39, 0.29) is 13.0 Å². The van der Waals surface area contributed by atoms with E-state index in [0.717, 1.165) is 0 Å². The Morgan fingerprint density at radius 2 is 2.45 bits per heavy atom. The van der Waals surface area contributed by atoms with Gasteiger partial charge in [-0.15, -0.1) is 0 Å². The van der Waals surface area contributed by atoms with Crippen molar-refractivity contribution in [3.63, 3.8) is 0 Å². The number of azide groups is 1. The highest BCUT2D eigenvalue weighted by atomic mass is 16.5. The summed E-state index contributed by atoms with van der Waals surface area (Å²) in [5, 5.41) is 21.0. The maximum absolute atomic E-state index is 9.12. The van der Waals surface area contributed by atoms with Crippen molar-refractivity contribution in [2.45, 2.75) is 24.9 Å². The van der Waals surface area contributed by atoms with Crippen LogP contribution in [-0.4, -0.2) is 35.3 Å². The van der Waals surface area contributed by atoms with E-state index in [9.17, 15) is 0 Å². The molecule has 0 aromatic heterocycles. The van der Waals surface area contributed by atoms with E-state index in [0.29, 0.717) is 0 Å². The molecule has 6 nitrogen and oxygen atoms in total. The lowest BCUT2D eigenvalue weighted by atomic mass is 10.2. The molecule has 1 fully saturated rings. The van der Waals surface area contributed by atoms with Crippen LogP contribution in [0.3, 0.4) is 0 Å². The molecule has 3 atom stereocenters. The van der Waals surface area contributed by atoms with Crippen LogP contribution in [0, 0.1) is 0 Å². The first-order valence-corrected chi connectivity index (χ1v) is 3.26. The Bertz CT molecular complexity index is 180. The molecule has 6 heteroatoms. The summed E-state index contributed by atoms with van der Waals surface area (Å²) in [6.45, 7) is -0.251. The van der Waals surface area contributed by atoms with Crippen LogP contribution in [0.15, 0.2) is 5.11 Å². The summed E-state index contributed by atoms with van der Waals surface area (Å²) in [4.78, 5) is 2.53. The fourth-order valence-corrected chi connectivity index (χ4v) is 1.00. The zero-order valence-electron chi connectivity index (χ0n) is 5.79. The van der Waals surface area contributed by atoms with Gasteiger partial charge in [0.25, 0.3) is 0 Å². The molecule has 0 amide bonds. The molecule has 11 heavy (non-hydrogen) atoms. The second-order valence-corrected chi connectivity index (χ2v) is 2.32. The summed E-state index contributed by atoms with van der Waals surface area (Å²) in [6.07, 6.45) is -1.71. The van der Waals surface area contributed by atoms with Gasteiger partial charge in [-0.1, -0.05) is 5.11 Å². The van der Waals surface area contributed by atoms with E-state index < -0.39 is 18.4 Å². The van der Waals surface area contributed by atoms with Crippen molar-refractivity contribution < 1.29 is 14.9 Å². The lowest BCUT2D eigenvalue weighted by Crippen LogP contribution is -2.24. The number of ether oxygens (including phenoxy) is 1. The molecule has 0 aromatic rings. The van der Waals surface area contributed by atoms with Crippen molar-refractivity contribution in [2.24, 2.45) is 5.11 Å². The van der Waals surface area contributed by atoms with Crippen LogP contribution < -0.4 is 0 Å². The monoisotopic (exact) mass is 159 g/mol.